The number of aryl methyl sites for hydroxylation is 1. The molecule has 1 heterocycles. The second-order valence-corrected chi connectivity index (χ2v) is 4.16. The van der Waals surface area contributed by atoms with Gasteiger partial charge < -0.3 is 10.6 Å². The summed E-state index contributed by atoms with van der Waals surface area (Å²) in [7, 11) is 0. The molecule has 0 fully saturated rings. The van der Waals surface area contributed by atoms with Crippen LogP contribution in [0.1, 0.15) is 23.0 Å². The molecule has 0 radical (unpaired) electrons. The quantitative estimate of drug-likeness (QED) is 0.792. The summed E-state index contributed by atoms with van der Waals surface area (Å²) >= 11 is 0. The molecule has 0 saturated heterocycles. The van der Waals surface area contributed by atoms with Gasteiger partial charge in [-0.15, -0.1) is 0 Å². The molecular formula is C12H15F4N3O. The lowest BCUT2D eigenvalue weighted by Crippen LogP contribution is -2.41. The summed E-state index contributed by atoms with van der Waals surface area (Å²) in [5.74, 6) is -4.68. The minimum Gasteiger partial charge on any atom is -0.370 e. The molecule has 0 saturated carbocycles. The maximum absolute atomic E-state index is 12.7. The van der Waals surface area contributed by atoms with E-state index in [0.717, 1.165) is 0 Å². The second-order valence-electron chi connectivity index (χ2n) is 4.16. The number of nitrogens with zero attached hydrogens (tertiary/aromatic N) is 1. The number of halogens is 4. The Morgan fingerprint density at radius 3 is 2.60 bits per heavy atom. The van der Waals surface area contributed by atoms with E-state index in [9.17, 15) is 22.4 Å². The molecule has 2 N–H and O–H groups in total. The molecule has 1 aromatic rings. The van der Waals surface area contributed by atoms with Gasteiger partial charge in [-0.25, -0.2) is 13.8 Å². The van der Waals surface area contributed by atoms with Gasteiger partial charge >= 0.3 is 12.3 Å². The number of rotatable bonds is 6. The monoisotopic (exact) mass is 293 g/mol. The van der Waals surface area contributed by atoms with Crippen LogP contribution in [0.15, 0.2) is 12.1 Å². The molecule has 8 heteroatoms. The van der Waals surface area contributed by atoms with Gasteiger partial charge in [-0.3, -0.25) is 4.79 Å². The van der Waals surface area contributed by atoms with Crippen LogP contribution in [0.5, 0.6) is 0 Å². The van der Waals surface area contributed by atoms with Crippen molar-refractivity contribution in [3.63, 3.8) is 0 Å². The first-order valence-electron chi connectivity index (χ1n) is 5.93. The molecule has 112 valence electrons. The summed E-state index contributed by atoms with van der Waals surface area (Å²) in [6, 6.07) is 2.75. The molecule has 0 aliphatic rings. The molecule has 4 nitrogen and oxygen atoms in total. The van der Waals surface area contributed by atoms with Crippen LogP contribution >= 0.6 is 0 Å². The lowest BCUT2D eigenvalue weighted by molar-refractivity contribution is -0.123. The Bertz CT molecular complexity index is 480. The first kappa shape index (κ1) is 16.2. The number of aromatic nitrogens is 1. The van der Waals surface area contributed by atoms with Gasteiger partial charge in [0, 0.05) is 17.8 Å². The summed E-state index contributed by atoms with van der Waals surface area (Å²) in [5.41, 5.74) is 0.590. The average Bonchev–Trinajstić information content (AvgIpc) is 2.35. The van der Waals surface area contributed by atoms with E-state index in [0.29, 0.717) is 18.1 Å². The van der Waals surface area contributed by atoms with Crippen molar-refractivity contribution >= 4 is 11.7 Å². The van der Waals surface area contributed by atoms with Crippen LogP contribution in [-0.2, 0) is 0 Å². The van der Waals surface area contributed by atoms with Crippen molar-refractivity contribution in [2.45, 2.75) is 26.2 Å². The van der Waals surface area contributed by atoms with Crippen LogP contribution in [-0.4, -0.2) is 36.3 Å². The number of pyridine rings is 1. The maximum atomic E-state index is 12.7. The van der Waals surface area contributed by atoms with Gasteiger partial charge in [0.2, 0.25) is 0 Å². The Balaban J connectivity index is 2.77. The maximum Gasteiger partial charge on any atom is 0.324 e. The van der Waals surface area contributed by atoms with Crippen molar-refractivity contribution in [1.82, 2.24) is 10.3 Å². The first-order chi connectivity index (χ1) is 9.26. The average molecular weight is 293 g/mol. The summed E-state index contributed by atoms with van der Waals surface area (Å²) < 4.78 is 49.4. The third kappa shape index (κ3) is 4.36. The Morgan fingerprint density at radius 2 is 2.05 bits per heavy atom. The lowest BCUT2D eigenvalue weighted by atomic mass is 10.2. The number of carbonyl (C=O) groups excluding carboxylic acids is 1. The van der Waals surface area contributed by atoms with Gasteiger partial charge in [-0.2, -0.15) is 8.78 Å². The summed E-state index contributed by atoms with van der Waals surface area (Å²) in [6.45, 7) is 2.61. The van der Waals surface area contributed by atoms with Crippen LogP contribution in [0.2, 0.25) is 0 Å². The minimum absolute atomic E-state index is 0.0820. The Kier molecular flexibility index (Phi) is 5.29. The van der Waals surface area contributed by atoms with E-state index in [1.54, 1.807) is 12.2 Å². The van der Waals surface area contributed by atoms with E-state index < -0.39 is 24.8 Å². The van der Waals surface area contributed by atoms with E-state index in [1.165, 1.54) is 12.1 Å². The van der Waals surface area contributed by atoms with Crippen molar-refractivity contribution in [3.8, 4) is 0 Å². The number of hydrogen-bond donors (Lipinski definition) is 2. The van der Waals surface area contributed by atoms with Crippen molar-refractivity contribution in [2.75, 3.05) is 18.4 Å². The van der Waals surface area contributed by atoms with Crippen molar-refractivity contribution in [2.24, 2.45) is 0 Å². The standard InChI is InChI=1S/C12H15F4N3O/c1-3-17-9-5-8(4-7(2)19-9)10(20)18-6-12(15,16)11(13)14/h4-5,11H,3,6H2,1-2H3,(H,17,19)(H,18,20). The number of carbonyl (C=O) groups is 1. The van der Waals surface area contributed by atoms with E-state index in [-0.39, 0.29) is 5.56 Å². The number of alkyl halides is 4. The molecule has 0 unspecified atom stereocenters. The Morgan fingerprint density at radius 1 is 1.40 bits per heavy atom. The molecule has 0 atom stereocenters. The highest BCUT2D eigenvalue weighted by molar-refractivity contribution is 5.95. The molecule has 1 amide bonds. The fourth-order valence-electron chi connectivity index (χ4n) is 1.45. The smallest absolute Gasteiger partial charge is 0.324 e. The fraction of sp³-hybridized carbons (Fsp3) is 0.500. The molecule has 0 aromatic carbocycles. The van der Waals surface area contributed by atoms with Crippen LogP contribution in [0.3, 0.4) is 0 Å². The minimum atomic E-state index is -4.25. The third-order valence-electron chi connectivity index (χ3n) is 2.38. The second kappa shape index (κ2) is 6.53. The number of amides is 1. The van der Waals surface area contributed by atoms with Crippen molar-refractivity contribution < 1.29 is 22.4 Å². The SMILES string of the molecule is CCNc1cc(C(=O)NCC(F)(F)C(F)F)cc(C)n1. The molecule has 0 bridgehead atoms. The van der Waals surface area contributed by atoms with Gasteiger partial charge in [-0.05, 0) is 26.0 Å². The van der Waals surface area contributed by atoms with E-state index in [2.05, 4.69) is 10.3 Å². The van der Waals surface area contributed by atoms with Gasteiger partial charge in [-0.1, -0.05) is 0 Å². The normalized spacial score (nSPS) is 11.6. The molecule has 1 aromatic heterocycles. The Hall–Kier alpha value is -1.86. The lowest BCUT2D eigenvalue weighted by Gasteiger charge is -2.16. The molecule has 0 aliphatic heterocycles. The zero-order chi connectivity index (χ0) is 15.3. The number of nitrogens with one attached hydrogen (secondary N) is 2. The Labute approximate surface area is 113 Å². The van der Waals surface area contributed by atoms with Crippen molar-refractivity contribution in [1.29, 1.82) is 0 Å². The largest absolute Gasteiger partial charge is 0.370 e. The molecule has 20 heavy (non-hydrogen) atoms. The molecular weight excluding hydrogens is 278 g/mol. The van der Waals surface area contributed by atoms with E-state index in [4.69, 9.17) is 0 Å². The van der Waals surface area contributed by atoms with Crippen LogP contribution in [0.25, 0.3) is 0 Å². The van der Waals surface area contributed by atoms with Crippen molar-refractivity contribution in [3.05, 3.63) is 23.4 Å². The first-order valence-corrected chi connectivity index (χ1v) is 5.93. The van der Waals surface area contributed by atoms with Gasteiger partial charge in [0.05, 0.1) is 6.54 Å². The summed E-state index contributed by atoms with van der Waals surface area (Å²) in [5, 5.41) is 4.67. The fourth-order valence-corrected chi connectivity index (χ4v) is 1.45. The molecule has 0 spiro atoms. The summed E-state index contributed by atoms with van der Waals surface area (Å²) in [6.07, 6.45) is -3.82. The third-order valence-corrected chi connectivity index (χ3v) is 2.38. The predicted octanol–water partition coefficient (Wildman–Crippen LogP) is 2.45. The molecule has 1 rings (SSSR count). The van der Waals surface area contributed by atoms with Crippen LogP contribution in [0.4, 0.5) is 23.4 Å². The van der Waals surface area contributed by atoms with Crippen LogP contribution in [0, 0.1) is 6.92 Å². The van der Waals surface area contributed by atoms with Gasteiger partial charge in [0.15, 0.2) is 0 Å². The van der Waals surface area contributed by atoms with E-state index in [1.807, 2.05) is 6.92 Å². The number of hydrogen-bond acceptors (Lipinski definition) is 3. The van der Waals surface area contributed by atoms with Gasteiger partial charge in [0.1, 0.15) is 5.82 Å². The highest BCUT2D eigenvalue weighted by atomic mass is 19.3. The van der Waals surface area contributed by atoms with E-state index >= 15 is 0 Å². The van der Waals surface area contributed by atoms with Gasteiger partial charge in [0.25, 0.3) is 5.91 Å². The zero-order valence-corrected chi connectivity index (χ0v) is 11.0. The predicted molar refractivity (Wildman–Crippen MR) is 66.4 cm³/mol. The number of anilines is 1. The topological polar surface area (TPSA) is 54.0 Å². The molecule has 0 aliphatic carbocycles. The van der Waals surface area contributed by atoms with Crippen LogP contribution < -0.4 is 10.6 Å². The zero-order valence-electron chi connectivity index (χ0n) is 11.0. The summed E-state index contributed by atoms with van der Waals surface area (Å²) in [4.78, 5) is 15.8. The highest BCUT2D eigenvalue weighted by Crippen LogP contribution is 2.21. The highest BCUT2D eigenvalue weighted by Gasteiger charge is 2.40.